The van der Waals surface area contributed by atoms with Gasteiger partial charge in [0.1, 0.15) is 11.9 Å². The first-order chi connectivity index (χ1) is 31.6. The summed E-state index contributed by atoms with van der Waals surface area (Å²) in [7, 11) is 0. The highest BCUT2D eigenvalue weighted by molar-refractivity contribution is 5.91. The lowest BCUT2D eigenvalue weighted by molar-refractivity contribution is -0.122. The molecule has 1 aromatic heterocycles. The van der Waals surface area contributed by atoms with E-state index in [1.807, 2.05) is 97.9 Å². The first kappa shape index (κ1) is 46.2. The van der Waals surface area contributed by atoms with Crippen LogP contribution in [0.15, 0.2) is 132 Å². The molecule has 13 nitrogen and oxygen atoms in total. The molecule has 338 valence electrons. The number of aliphatic hydroxyl groups is 1. The van der Waals surface area contributed by atoms with Crippen LogP contribution in [-0.2, 0) is 40.3 Å². The number of aromatic hydroxyl groups is 1. The summed E-state index contributed by atoms with van der Waals surface area (Å²) in [5.74, 6) is -0.108. The molecule has 13 heteroatoms. The molecule has 0 bridgehead atoms. The Morgan fingerprint density at radius 2 is 1.45 bits per heavy atom. The van der Waals surface area contributed by atoms with Gasteiger partial charge in [-0.1, -0.05) is 103 Å². The second-order valence-corrected chi connectivity index (χ2v) is 16.7. The topological polar surface area (TPSA) is 185 Å². The van der Waals surface area contributed by atoms with E-state index in [1.165, 1.54) is 12.1 Å². The molecule has 1 fully saturated rings. The monoisotopic (exact) mass is 878 g/mol. The van der Waals surface area contributed by atoms with Gasteiger partial charge in [0.05, 0.1) is 17.3 Å². The quantitative estimate of drug-likeness (QED) is 0.0445. The predicted molar refractivity (Wildman–Crippen MR) is 253 cm³/mol. The van der Waals surface area contributed by atoms with Gasteiger partial charge in [0.2, 0.25) is 17.4 Å². The third-order valence-electron chi connectivity index (χ3n) is 11.8. The van der Waals surface area contributed by atoms with Crippen LogP contribution >= 0.6 is 0 Å². The molecule has 3 amide bonds. The molecule has 2 heterocycles. The van der Waals surface area contributed by atoms with E-state index in [2.05, 4.69) is 43.3 Å². The van der Waals surface area contributed by atoms with E-state index in [-0.39, 0.29) is 41.8 Å². The maximum absolute atomic E-state index is 12.8. The number of benzene rings is 5. The molecule has 1 aliphatic heterocycles. The number of phenolic OH excluding ortho intramolecular Hbond substituents is 1. The van der Waals surface area contributed by atoms with Crippen molar-refractivity contribution in [2.45, 2.75) is 76.8 Å². The highest BCUT2D eigenvalue weighted by atomic mass is 16.6. The van der Waals surface area contributed by atoms with Gasteiger partial charge in [-0.15, -0.1) is 0 Å². The van der Waals surface area contributed by atoms with Crippen molar-refractivity contribution >= 4 is 34.5 Å². The third-order valence-corrected chi connectivity index (χ3v) is 11.8. The molecule has 0 saturated carbocycles. The van der Waals surface area contributed by atoms with Crippen LogP contribution in [0.5, 0.6) is 5.75 Å². The number of ether oxygens (including phenoxy) is 1. The lowest BCUT2D eigenvalue weighted by atomic mass is 10.0. The van der Waals surface area contributed by atoms with E-state index in [1.54, 1.807) is 12.1 Å². The summed E-state index contributed by atoms with van der Waals surface area (Å²) in [5.41, 5.74) is 7.38. The van der Waals surface area contributed by atoms with Crippen molar-refractivity contribution in [2.24, 2.45) is 0 Å². The number of piperidine rings is 1. The van der Waals surface area contributed by atoms with Crippen LogP contribution in [-0.4, -0.2) is 76.3 Å². The molecule has 65 heavy (non-hydrogen) atoms. The van der Waals surface area contributed by atoms with Crippen LogP contribution in [0.25, 0.3) is 22.0 Å². The molecule has 0 spiro atoms. The Kier molecular flexibility index (Phi) is 16.1. The molecule has 7 rings (SSSR count). The van der Waals surface area contributed by atoms with Gasteiger partial charge in [-0.3, -0.25) is 19.7 Å². The van der Waals surface area contributed by atoms with Crippen LogP contribution < -0.4 is 26.8 Å². The number of phenols is 1. The first-order valence-corrected chi connectivity index (χ1v) is 22.4. The predicted octanol–water partition coefficient (Wildman–Crippen LogP) is 7.12. The van der Waals surface area contributed by atoms with Crippen molar-refractivity contribution in [3.05, 3.63) is 166 Å². The maximum Gasteiger partial charge on any atom is 0.411 e. The summed E-state index contributed by atoms with van der Waals surface area (Å²) in [4.78, 5) is 54.9. The van der Waals surface area contributed by atoms with Crippen molar-refractivity contribution in [3.8, 4) is 16.9 Å². The summed E-state index contributed by atoms with van der Waals surface area (Å²) in [6.07, 6.45) is 1.99. The van der Waals surface area contributed by atoms with Gasteiger partial charge in [0.15, 0.2) is 0 Å². The van der Waals surface area contributed by atoms with Crippen LogP contribution in [0.1, 0.15) is 66.5 Å². The van der Waals surface area contributed by atoms with E-state index < -0.39 is 12.2 Å². The second kappa shape index (κ2) is 22.7. The number of nitrogens with zero attached hydrogens (tertiary/aromatic N) is 1. The summed E-state index contributed by atoms with van der Waals surface area (Å²) >= 11 is 0. The molecule has 1 saturated heterocycles. The lowest BCUT2D eigenvalue weighted by Gasteiger charge is -2.31. The van der Waals surface area contributed by atoms with Crippen molar-refractivity contribution in [1.29, 1.82) is 0 Å². The van der Waals surface area contributed by atoms with Crippen molar-refractivity contribution < 1.29 is 29.3 Å². The summed E-state index contributed by atoms with van der Waals surface area (Å²) in [6.45, 7) is 5.29. The number of likely N-dealkylation sites (tertiary alicyclic amines) is 1. The fraction of sp³-hybridized carbons (Fsp3) is 0.308. The van der Waals surface area contributed by atoms with Crippen LogP contribution in [0.3, 0.4) is 0 Å². The zero-order valence-electron chi connectivity index (χ0n) is 36.7. The normalized spacial score (nSPS) is 14.1. The second-order valence-electron chi connectivity index (χ2n) is 16.7. The summed E-state index contributed by atoms with van der Waals surface area (Å²) < 4.78 is 5.76. The first-order valence-electron chi connectivity index (χ1n) is 22.4. The number of H-pyrrole nitrogens is 1. The Hall–Kier alpha value is -6.80. The molecule has 0 radical (unpaired) electrons. The number of nitrogens with one attached hydrogen (secondary N) is 5. The van der Waals surface area contributed by atoms with Crippen molar-refractivity contribution in [2.75, 3.05) is 31.5 Å². The van der Waals surface area contributed by atoms with Gasteiger partial charge in [0, 0.05) is 75.2 Å². The Morgan fingerprint density at radius 1 is 0.769 bits per heavy atom. The number of carbonyl (C=O) groups is 3. The standard InChI is InChI=1S/C52H58N6O7/c1-35(53-34-47(60)43-19-21-46(59)51-44(43)20-23-50(63)57-51)30-39-9-7-8-36(31-39)18-22-48(61)54-32-37-14-16-38(17-15-37)33-55-49(62)26-29-58-27-24-41(25-28-58)65-52(64)56-45-13-6-5-12-42(45)40-10-3-2-4-11-40/h2-17,19-21,23,31,35,41,47,53,59-60H,18,22,24-30,32-34H2,1H3,(H,54,61)(H,55,62)(H,56,64)(H,57,63)/t35?,47-/m0/s1. The van der Waals surface area contributed by atoms with Gasteiger partial charge in [-0.05, 0) is 84.2 Å². The number of aliphatic hydroxyl groups excluding tert-OH is 1. The number of aryl methyl sites for hydroxylation is 1. The Balaban J connectivity index is 0.747. The number of anilines is 1. The number of hydrogen-bond acceptors (Lipinski definition) is 9. The molecular weight excluding hydrogens is 821 g/mol. The van der Waals surface area contributed by atoms with E-state index in [0.717, 1.165) is 52.9 Å². The van der Waals surface area contributed by atoms with Gasteiger partial charge in [0.25, 0.3) is 0 Å². The molecule has 1 aliphatic rings. The maximum atomic E-state index is 12.8. The van der Waals surface area contributed by atoms with Gasteiger partial charge in [-0.25, -0.2) is 4.79 Å². The zero-order chi connectivity index (χ0) is 45.5. The molecule has 7 N–H and O–H groups in total. The van der Waals surface area contributed by atoms with Crippen molar-refractivity contribution in [1.82, 2.24) is 25.8 Å². The van der Waals surface area contributed by atoms with Crippen molar-refractivity contribution in [3.63, 3.8) is 0 Å². The number of carbonyl (C=O) groups excluding carboxylic acids is 3. The number of rotatable bonds is 19. The van der Waals surface area contributed by atoms with Gasteiger partial charge in [-0.2, -0.15) is 0 Å². The van der Waals surface area contributed by atoms with Crippen LogP contribution in [0, 0.1) is 0 Å². The fourth-order valence-electron chi connectivity index (χ4n) is 8.18. The number of amides is 3. The Labute approximate surface area is 379 Å². The van der Waals surface area contributed by atoms with Crippen LogP contribution in [0.4, 0.5) is 10.5 Å². The summed E-state index contributed by atoms with van der Waals surface area (Å²) in [6, 6.07) is 39.8. The molecule has 2 atom stereocenters. The SMILES string of the molecule is CC(Cc1cccc(CCC(=O)NCc2ccc(CNC(=O)CCN3CCC(OC(=O)Nc4ccccc4-c4ccccc4)CC3)cc2)c1)NC[C@H](O)c1ccc(O)c2[nH]c(=O)ccc12. The van der Waals surface area contributed by atoms with E-state index >= 15 is 0 Å². The lowest BCUT2D eigenvalue weighted by Crippen LogP contribution is -2.40. The highest BCUT2D eigenvalue weighted by Gasteiger charge is 2.23. The molecule has 1 unspecified atom stereocenters. The number of aromatic amines is 1. The largest absolute Gasteiger partial charge is 0.506 e. The Bertz CT molecular complexity index is 2590. The zero-order valence-corrected chi connectivity index (χ0v) is 36.7. The highest BCUT2D eigenvalue weighted by Crippen LogP contribution is 2.30. The van der Waals surface area contributed by atoms with Gasteiger partial charge >= 0.3 is 6.09 Å². The van der Waals surface area contributed by atoms with E-state index in [4.69, 9.17) is 4.74 Å². The number of aromatic nitrogens is 1. The Morgan fingerprint density at radius 3 is 2.18 bits per heavy atom. The number of pyridine rings is 1. The minimum Gasteiger partial charge on any atom is -0.506 e. The molecular formula is C52H58N6O7. The molecule has 5 aromatic carbocycles. The van der Waals surface area contributed by atoms with E-state index in [0.29, 0.717) is 73.9 Å². The van der Waals surface area contributed by atoms with Gasteiger partial charge < -0.3 is 40.8 Å². The smallest absolute Gasteiger partial charge is 0.411 e. The van der Waals surface area contributed by atoms with Crippen LogP contribution in [0.2, 0.25) is 0 Å². The number of fused-ring (bicyclic) bond motifs is 1. The number of para-hydroxylation sites is 1. The minimum absolute atomic E-state index is 0.0234. The average Bonchev–Trinajstić information content (AvgIpc) is 3.32. The molecule has 6 aromatic rings. The number of hydrogen-bond donors (Lipinski definition) is 7. The average molecular weight is 879 g/mol. The molecule has 0 aliphatic carbocycles. The third kappa shape index (κ3) is 13.6. The minimum atomic E-state index is -0.846. The fourth-order valence-corrected chi connectivity index (χ4v) is 8.18. The summed E-state index contributed by atoms with van der Waals surface area (Å²) in [5, 5.41) is 34.0. The van der Waals surface area contributed by atoms with E-state index in [9.17, 15) is 29.4 Å².